The van der Waals surface area contributed by atoms with Gasteiger partial charge in [-0.25, -0.2) is 5.43 Å². The third-order valence-corrected chi connectivity index (χ3v) is 3.45. The van der Waals surface area contributed by atoms with E-state index in [1.165, 1.54) is 6.07 Å². The number of nitrogens with zero attached hydrogens (tertiary/aromatic N) is 2. The first-order valence-electron chi connectivity index (χ1n) is 7.12. The second-order valence-corrected chi connectivity index (χ2v) is 5.20. The Labute approximate surface area is 127 Å². The topological polar surface area (TPSA) is 123 Å². The first-order chi connectivity index (χ1) is 10.5. The van der Waals surface area contributed by atoms with Crippen LogP contribution in [0, 0.1) is 16.0 Å². The molecule has 8 nitrogen and oxygen atoms in total. The maximum Gasteiger partial charge on any atom is 0.292 e. The number of amides is 1. The van der Waals surface area contributed by atoms with Gasteiger partial charge >= 0.3 is 0 Å². The number of nitro groups is 1. The summed E-state index contributed by atoms with van der Waals surface area (Å²) in [4.78, 5) is 22.1. The Balaban J connectivity index is 2.29. The van der Waals surface area contributed by atoms with Gasteiger partial charge in [-0.2, -0.15) is 5.10 Å². The molecule has 1 unspecified atom stereocenters. The summed E-state index contributed by atoms with van der Waals surface area (Å²) in [7, 11) is 0. The summed E-state index contributed by atoms with van der Waals surface area (Å²) in [5.74, 6) is -0.227. The molecular weight excluding hydrogens is 286 g/mol. The van der Waals surface area contributed by atoms with Gasteiger partial charge in [-0.3, -0.25) is 14.9 Å². The molecule has 2 rings (SSSR count). The van der Waals surface area contributed by atoms with Crippen LogP contribution in [0.5, 0.6) is 0 Å². The lowest BCUT2D eigenvalue weighted by Gasteiger charge is -2.19. The molecule has 0 aromatic heterocycles. The van der Waals surface area contributed by atoms with Crippen molar-refractivity contribution in [1.82, 2.24) is 5.43 Å². The Kier molecular flexibility index (Phi) is 5.05. The van der Waals surface area contributed by atoms with E-state index in [9.17, 15) is 14.9 Å². The van der Waals surface area contributed by atoms with Gasteiger partial charge in [-0.15, -0.1) is 0 Å². The molecule has 118 valence electrons. The standard InChI is InChI=1S/C14H19N5O3/c1-9-7-13(20)17-18-14(9)10-3-4-11(16-6-2-5-15)12(8-10)19(21)22/h3-4,8-9,16H,2,5-7,15H2,1H3,(H,17,20). The monoisotopic (exact) mass is 305 g/mol. The second-order valence-electron chi connectivity index (χ2n) is 5.20. The fourth-order valence-corrected chi connectivity index (χ4v) is 2.32. The van der Waals surface area contributed by atoms with Crippen LogP contribution in [0.4, 0.5) is 11.4 Å². The van der Waals surface area contributed by atoms with Crippen LogP contribution < -0.4 is 16.5 Å². The first kappa shape index (κ1) is 15.9. The van der Waals surface area contributed by atoms with Crippen molar-refractivity contribution in [1.29, 1.82) is 0 Å². The molecule has 1 heterocycles. The number of carbonyl (C=O) groups excluding carboxylic acids is 1. The van der Waals surface area contributed by atoms with Crippen LogP contribution in [-0.4, -0.2) is 29.6 Å². The molecule has 0 bridgehead atoms. The summed E-state index contributed by atoms with van der Waals surface area (Å²) in [6.45, 7) is 2.97. The van der Waals surface area contributed by atoms with E-state index in [1.54, 1.807) is 12.1 Å². The fraction of sp³-hybridized carbons (Fsp3) is 0.429. The third kappa shape index (κ3) is 3.59. The van der Waals surface area contributed by atoms with Crippen molar-refractivity contribution in [2.75, 3.05) is 18.4 Å². The highest BCUT2D eigenvalue weighted by atomic mass is 16.6. The van der Waals surface area contributed by atoms with E-state index >= 15 is 0 Å². The Morgan fingerprint density at radius 2 is 2.32 bits per heavy atom. The van der Waals surface area contributed by atoms with Crippen LogP contribution in [0.1, 0.15) is 25.3 Å². The lowest BCUT2D eigenvalue weighted by molar-refractivity contribution is -0.384. The maximum atomic E-state index is 11.3. The highest BCUT2D eigenvalue weighted by molar-refractivity contribution is 6.06. The van der Waals surface area contributed by atoms with Crippen molar-refractivity contribution in [3.05, 3.63) is 33.9 Å². The van der Waals surface area contributed by atoms with E-state index in [0.717, 1.165) is 6.42 Å². The first-order valence-corrected chi connectivity index (χ1v) is 7.12. The molecule has 1 amide bonds. The summed E-state index contributed by atoms with van der Waals surface area (Å²) >= 11 is 0. The number of benzene rings is 1. The summed E-state index contributed by atoms with van der Waals surface area (Å²) in [5.41, 5.74) is 9.56. The number of hydrazone groups is 1. The average Bonchev–Trinajstić information content (AvgIpc) is 2.48. The number of hydrogen-bond acceptors (Lipinski definition) is 6. The van der Waals surface area contributed by atoms with E-state index in [-0.39, 0.29) is 17.5 Å². The van der Waals surface area contributed by atoms with Crippen molar-refractivity contribution in [2.24, 2.45) is 16.8 Å². The molecule has 1 aliphatic rings. The Morgan fingerprint density at radius 1 is 1.55 bits per heavy atom. The number of hydrogen-bond donors (Lipinski definition) is 3. The molecular formula is C14H19N5O3. The highest BCUT2D eigenvalue weighted by Crippen LogP contribution is 2.28. The zero-order valence-electron chi connectivity index (χ0n) is 12.3. The number of rotatable bonds is 6. The number of nitrogens with two attached hydrogens (primary N) is 1. The van der Waals surface area contributed by atoms with Crippen molar-refractivity contribution in [3.63, 3.8) is 0 Å². The van der Waals surface area contributed by atoms with E-state index in [4.69, 9.17) is 5.73 Å². The molecule has 8 heteroatoms. The van der Waals surface area contributed by atoms with Crippen molar-refractivity contribution >= 4 is 23.0 Å². The molecule has 0 fully saturated rings. The minimum absolute atomic E-state index is 0.0127. The molecule has 1 atom stereocenters. The van der Waals surface area contributed by atoms with Gasteiger partial charge < -0.3 is 11.1 Å². The molecule has 1 aromatic rings. The predicted molar refractivity (Wildman–Crippen MR) is 83.7 cm³/mol. The van der Waals surface area contributed by atoms with Gasteiger partial charge in [0.25, 0.3) is 5.69 Å². The highest BCUT2D eigenvalue weighted by Gasteiger charge is 2.24. The minimum atomic E-state index is -0.430. The van der Waals surface area contributed by atoms with Crippen molar-refractivity contribution in [3.8, 4) is 0 Å². The molecule has 0 saturated carbocycles. The normalized spacial score (nSPS) is 17.6. The molecule has 22 heavy (non-hydrogen) atoms. The maximum absolute atomic E-state index is 11.3. The minimum Gasteiger partial charge on any atom is -0.379 e. The average molecular weight is 305 g/mol. The Hall–Kier alpha value is -2.48. The second kappa shape index (κ2) is 6.99. The fourth-order valence-electron chi connectivity index (χ4n) is 2.32. The summed E-state index contributed by atoms with van der Waals surface area (Å²) in [5, 5.41) is 18.3. The van der Waals surface area contributed by atoms with Gasteiger partial charge in [-0.1, -0.05) is 13.0 Å². The molecule has 4 N–H and O–H groups in total. The van der Waals surface area contributed by atoms with Crippen LogP contribution >= 0.6 is 0 Å². The van der Waals surface area contributed by atoms with Crippen molar-refractivity contribution < 1.29 is 9.72 Å². The van der Waals surface area contributed by atoms with E-state index in [2.05, 4.69) is 15.8 Å². The predicted octanol–water partition coefficient (Wildman–Crippen LogP) is 1.22. The van der Waals surface area contributed by atoms with Gasteiger partial charge in [0.15, 0.2) is 0 Å². The summed E-state index contributed by atoms with van der Waals surface area (Å²) in [6, 6.07) is 4.91. The van der Waals surface area contributed by atoms with Gasteiger partial charge in [0, 0.05) is 30.5 Å². The molecule has 0 radical (unpaired) electrons. The molecule has 1 aromatic carbocycles. The van der Waals surface area contributed by atoms with Gasteiger partial charge in [0.2, 0.25) is 5.91 Å². The third-order valence-electron chi connectivity index (χ3n) is 3.45. The van der Waals surface area contributed by atoms with Crippen molar-refractivity contribution in [2.45, 2.75) is 19.8 Å². The quantitative estimate of drug-likeness (QED) is 0.414. The summed E-state index contributed by atoms with van der Waals surface area (Å²) in [6.07, 6.45) is 1.05. The van der Waals surface area contributed by atoms with Crippen LogP contribution in [-0.2, 0) is 4.79 Å². The lowest BCUT2D eigenvalue weighted by atomic mass is 9.93. The van der Waals surface area contributed by atoms with Gasteiger partial charge in [0.1, 0.15) is 5.69 Å². The van der Waals surface area contributed by atoms with E-state index in [1.807, 2.05) is 6.92 Å². The lowest BCUT2D eigenvalue weighted by Crippen LogP contribution is -2.32. The number of nitro benzene ring substituents is 1. The number of nitrogens with one attached hydrogen (secondary N) is 2. The SMILES string of the molecule is CC1CC(=O)NN=C1c1ccc(NCCCN)c([N+](=O)[O-])c1. The van der Waals surface area contributed by atoms with E-state index in [0.29, 0.717) is 36.5 Å². The summed E-state index contributed by atoms with van der Waals surface area (Å²) < 4.78 is 0. The van der Waals surface area contributed by atoms with Crippen LogP contribution in [0.15, 0.2) is 23.3 Å². The zero-order valence-corrected chi connectivity index (χ0v) is 12.3. The van der Waals surface area contributed by atoms with Crippen LogP contribution in [0.25, 0.3) is 0 Å². The van der Waals surface area contributed by atoms with Crippen LogP contribution in [0.3, 0.4) is 0 Å². The van der Waals surface area contributed by atoms with Gasteiger partial charge in [-0.05, 0) is 19.0 Å². The molecule has 0 saturated heterocycles. The largest absolute Gasteiger partial charge is 0.379 e. The molecule has 0 spiro atoms. The Morgan fingerprint density at radius 3 is 2.95 bits per heavy atom. The smallest absolute Gasteiger partial charge is 0.292 e. The number of carbonyl (C=O) groups is 1. The Bertz CT molecular complexity index is 614. The number of anilines is 1. The van der Waals surface area contributed by atoms with Crippen LogP contribution in [0.2, 0.25) is 0 Å². The molecule has 0 aliphatic carbocycles. The zero-order chi connectivity index (χ0) is 16.1. The molecule has 1 aliphatic heterocycles. The van der Waals surface area contributed by atoms with E-state index < -0.39 is 4.92 Å². The van der Waals surface area contributed by atoms with Gasteiger partial charge in [0.05, 0.1) is 10.6 Å².